The molecule has 2 heterocycles. The number of aryl methyl sites for hydroxylation is 1. The summed E-state index contributed by atoms with van der Waals surface area (Å²) in [5.41, 5.74) is 1.41. The van der Waals surface area contributed by atoms with Crippen LogP contribution in [0.15, 0.2) is 41.7 Å². The van der Waals surface area contributed by atoms with Crippen LogP contribution in [0.3, 0.4) is 0 Å². The van der Waals surface area contributed by atoms with Crippen LogP contribution < -0.4 is 10.0 Å². The van der Waals surface area contributed by atoms with Crippen LogP contribution in [-0.4, -0.2) is 24.9 Å². The number of hydrogen-bond acceptors (Lipinski definition) is 5. The fourth-order valence-corrected chi connectivity index (χ4v) is 2.89. The number of pyridine rings is 2. The second-order valence-corrected chi connectivity index (χ2v) is 6.20. The number of rotatable bonds is 6. The van der Waals surface area contributed by atoms with Gasteiger partial charge in [-0.15, -0.1) is 0 Å². The van der Waals surface area contributed by atoms with Gasteiger partial charge in [-0.2, -0.15) is 8.42 Å². The van der Waals surface area contributed by atoms with E-state index in [1.54, 1.807) is 30.5 Å². The van der Waals surface area contributed by atoms with Gasteiger partial charge < -0.3 is 5.32 Å². The maximum absolute atomic E-state index is 12.4. The fourth-order valence-electron chi connectivity index (χ4n) is 1.78. The summed E-state index contributed by atoms with van der Waals surface area (Å²) < 4.78 is 27.3. The van der Waals surface area contributed by atoms with Crippen LogP contribution in [-0.2, 0) is 10.0 Å². The summed E-state index contributed by atoms with van der Waals surface area (Å²) in [6, 6.07) is 6.86. The average Bonchev–Trinajstić information content (AvgIpc) is 2.45. The molecule has 2 aromatic rings. The average molecular weight is 306 g/mol. The van der Waals surface area contributed by atoms with Crippen LogP contribution in [0.2, 0.25) is 0 Å². The van der Waals surface area contributed by atoms with Gasteiger partial charge in [0.15, 0.2) is 5.03 Å². The minimum atomic E-state index is -3.78. The molecule has 21 heavy (non-hydrogen) atoms. The Labute approximate surface area is 124 Å². The molecule has 0 aliphatic heterocycles. The maximum atomic E-state index is 12.4. The van der Waals surface area contributed by atoms with Crippen molar-refractivity contribution >= 4 is 21.5 Å². The van der Waals surface area contributed by atoms with Gasteiger partial charge in [0, 0.05) is 18.9 Å². The molecule has 112 valence electrons. The summed E-state index contributed by atoms with van der Waals surface area (Å²) in [5, 5.41) is 3.04. The Hall–Kier alpha value is -2.15. The van der Waals surface area contributed by atoms with Gasteiger partial charge in [0.25, 0.3) is 10.0 Å². The maximum Gasteiger partial charge on any atom is 0.282 e. The normalized spacial score (nSPS) is 11.1. The smallest absolute Gasteiger partial charge is 0.282 e. The molecule has 7 heteroatoms. The van der Waals surface area contributed by atoms with E-state index in [9.17, 15) is 8.42 Å². The molecule has 0 radical (unpaired) electrons. The van der Waals surface area contributed by atoms with Crippen LogP contribution in [0.5, 0.6) is 0 Å². The van der Waals surface area contributed by atoms with Crippen molar-refractivity contribution in [1.82, 2.24) is 9.97 Å². The lowest BCUT2D eigenvalue weighted by Crippen LogP contribution is -2.18. The molecule has 0 fully saturated rings. The van der Waals surface area contributed by atoms with Crippen LogP contribution in [0.4, 0.5) is 11.5 Å². The summed E-state index contributed by atoms with van der Waals surface area (Å²) in [6.45, 7) is 4.55. The first kappa shape index (κ1) is 15.2. The van der Waals surface area contributed by atoms with Crippen molar-refractivity contribution in [3.05, 3.63) is 42.2 Å². The topological polar surface area (TPSA) is 84.0 Å². The highest BCUT2D eigenvalue weighted by molar-refractivity contribution is 7.92. The van der Waals surface area contributed by atoms with Gasteiger partial charge in [0.1, 0.15) is 5.82 Å². The predicted octanol–water partition coefficient (Wildman–Crippen LogP) is 2.41. The molecule has 0 atom stereocenters. The molecule has 2 aromatic heterocycles. The zero-order chi connectivity index (χ0) is 15.3. The van der Waals surface area contributed by atoms with E-state index in [1.807, 2.05) is 13.8 Å². The summed E-state index contributed by atoms with van der Waals surface area (Å²) in [7, 11) is -3.78. The number of nitrogens with zero attached hydrogens (tertiary/aromatic N) is 2. The van der Waals surface area contributed by atoms with Gasteiger partial charge in [-0.1, -0.05) is 6.92 Å². The third-order valence-electron chi connectivity index (χ3n) is 2.75. The van der Waals surface area contributed by atoms with Crippen LogP contribution in [0.1, 0.15) is 18.9 Å². The molecule has 0 aliphatic rings. The zero-order valence-electron chi connectivity index (χ0n) is 12.0. The Morgan fingerprint density at radius 3 is 2.71 bits per heavy atom. The Morgan fingerprint density at radius 2 is 2.00 bits per heavy atom. The van der Waals surface area contributed by atoms with Crippen molar-refractivity contribution in [2.75, 3.05) is 16.6 Å². The highest BCUT2D eigenvalue weighted by Gasteiger charge is 2.20. The van der Waals surface area contributed by atoms with E-state index in [-0.39, 0.29) is 10.8 Å². The van der Waals surface area contributed by atoms with Crippen LogP contribution in [0.25, 0.3) is 0 Å². The highest BCUT2D eigenvalue weighted by atomic mass is 32.2. The highest BCUT2D eigenvalue weighted by Crippen LogP contribution is 2.20. The van der Waals surface area contributed by atoms with E-state index < -0.39 is 10.0 Å². The van der Waals surface area contributed by atoms with E-state index in [1.165, 1.54) is 6.20 Å². The number of nitrogens with one attached hydrogen (secondary N) is 2. The fraction of sp³-hybridized carbons (Fsp3) is 0.286. The molecular weight excluding hydrogens is 288 g/mol. The van der Waals surface area contributed by atoms with Crippen molar-refractivity contribution in [2.45, 2.75) is 25.3 Å². The van der Waals surface area contributed by atoms with E-state index in [4.69, 9.17) is 0 Å². The van der Waals surface area contributed by atoms with Gasteiger partial charge in [0.2, 0.25) is 0 Å². The Kier molecular flexibility index (Phi) is 4.74. The van der Waals surface area contributed by atoms with Crippen LogP contribution in [0, 0.1) is 6.92 Å². The monoisotopic (exact) mass is 306 g/mol. The molecule has 0 saturated carbocycles. The third kappa shape index (κ3) is 3.91. The number of sulfonamides is 1. The first-order valence-electron chi connectivity index (χ1n) is 6.67. The van der Waals surface area contributed by atoms with Crippen LogP contribution >= 0.6 is 0 Å². The SMILES string of the molecule is CCCNc1cccnc1S(=O)(=O)Nc1cc(C)ccn1. The molecule has 2 rings (SSSR count). The van der Waals surface area contributed by atoms with Crippen molar-refractivity contribution in [2.24, 2.45) is 0 Å². The summed E-state index contributed by atoms with van der Waals surface area (Å²) in [5.74, 6) is 0.280. The summed E-state index contributed by atoms with van der Waals surface area (Å²) in [4.78, 5) is 7.98. The lowest BCUT2D eigenvalue weighted by Gasteiger charge is -2.12. The van der Waals surface area contributed by atoms with Crippen molar-refractivity contribution < 1.29 is 8.42 Å². The Bertz CT molecular complexity index is 716. The molecule has 0 amide bonds. The van der Waals surface area contributed by atoms with E-state index in [2.05, 4.69) is 20.0 Å². The second-order valence-electron chi connectivity index (χ2n) is 4.61. The minimum absolute atomic E-state index is 0.0262. The number of anilines is 2. The van der Waals surface area contributed by atoms with Gasteiger partial charge in [-0.3, -0.25) is 4.72 Å². The molecule has 0 unspecified atom stereocenters. The minimum Gasteiger partial charge on any atom is -0.383 e. The predicted molar refractivity (Wildman–Crippen MR) is 82.8 cm³/mol. The van der Waals surface area contributed by atoms with Gasteiger partial charge >= 0.3 is 0 Å². The molecule has 2 N–H and O–H groups in total. The van der Waals surface area contributed by atoms with Crippen molar-refractivity contribution in [3.8, 4) is 0 Å². The summed E-state index contributed by atoms with van der Waals surface area (Å²) >= 11 is 0. The molecule has 0 aromatic carbocycles. The Balaban J connectivity index is 2.31. The second kappa shape index (κ2) is 6.53. The molecule has 0 aliphatic carbocycles. The molecular formula is C14H18N4O2S. The number of hydrogen-bond donors (Lipinski definition) is 2. The first-order chi connectivity index (χ1) is 10.0. The van der Waals surface area contributed by atoms with Gasteiger partial charge in [0.05, 0.1) is 5.69 Å². The quantitative estimate of drug-likeness (QED) is 0.856. The van der Waals surface area contributed by atoms with Gasteiger partial charge in [-0.25, -0.2) is 9.97 Å². The van der Waals surface area contributed by atoms with E-state index in [0.717, 1.165) is 12.0 Å². The Morgan fingerprint density at radius 1 is 1.19 bits per heavy atom. The lowest BCUT2D eigenvalue weighted by molar-refractivity contribution is 0.597. The molecule has 6 nitrogen and oxygen atoms in total. The van der Waals surface area contributed by atoms with E-state index >= 15 is 0 Å². The number of aromatic nitrogens is 2. The standard InChI is InChI=1S/C14H18N4O2S/c1-3-7-15-12-5-4-8-17-14(12)21(19,20)18-13-10-11(2)6-9-16-13/h4-6,8-10,15H,3,7H2,1-2H3,(H,16,18). The zero-order valence-corrected chi connectivity index (χ0v) is 12.8. The van der Waals surface area contributed by atoms with Crippen molar-refractivity contribution in [1.29, 1.82) is 0 Å². The largest absolute Gasteiger partial charge is 0.383 e. The van der Waals surface area contributed by atoms with Gasteiger partial charge in [-0.05, 0) is 43.2 Å². The third-order valence-corrected chi connectivity index (χ3v) is 4.06. The first-order valence-corrected chi connectivity index (χ1v) is 8.15. The van der Waals surface area contributed by atoms with Crippen molar-refractivity contribution in [3.63, 3.8) is 0 Å². The lowest BCUT2D eigenvalue weighted by atomic mass is 10.3. The molecule has 0 spiro atoms. The summed E-state index contributed by atoms with van der Waals surface area (Å²) in [6.07, 6.45) is 3.90. The molecule has 0 bridgehead atoms. The van der Waals surface area contributed by atoms with E-state index in [0.29, 0.717) is 12.2 Å². The molecule has 0 saturated heterocycles.